The highest BCUT2D eigenvalue weighted by atomic mass is 35.5. The minimum absolute atomic E-state index is 0.0545. The third-order valence-corrected chi connectivity index (χ3v) is 4.91. The molecule has 0 saturated heterocycles. The van der Waals surface area contributed by atoms with Crippen LogP contribution in [0.5, 0.6) is 0 Å². The highest BCUT2D eigenvalue weighted by Gasteiger charge is 2.12. The van der Waals surface area contributed by atoms with E-state index in [1.165, 1.54) is 0 Å². The fourth-order valence-electron chi connectivity index (χ4n) is 3.27. The monoisotopic (exact) mass is 389 g/mol. The van der Waals surface area contributed by atoms with Gasteiger partial charge in [-0.25, -0.2) is 4.79 Å². The van der Waals surface area contributed by atoms with Crippen LogP contribution in [0.4, 0.5) is 0 Å². The molecule has 28 heavy (non-hydrogen) atoms. The summed E-state index contributed by atoms with van der Waals surface area (Å²) in [6.45, 7) is 0. The number of aromatic carboxylic acids is 1. The number of carboxylic acid groups (broad SMARTS) is 1. The Balaban J connectivity index is 1.87. The molecule has 0 aliphatic carbocycles. The van der Waals surface area contributed by atoms with Gasteiger partial charge in [-0.05, 0) is 48.0 Å². The van der Waals surface area contributed by atoms with Gasteiger partial charge < -0.3 is 9.67 Å². The van der Waals surface area contributed by atoms with Crippen molar-refractivity contribution in [2.45, 2.75) is 6.42 Å². The zero-order chi connectivity index (χ0) is 19.7. The van der Waals surface area contributed by atoms with E-state index in [0.29, 0.717) is 22.4 Å². The van der Waals surface area contributed by atoms with Crippen molar-refractivity contribution in [1.82, 2.24) is 4.57 Å². The molecule has 1 heterocycles. The average Bonchev–Trinajstić information content (AvgIpc) is 2.71. The van der Waals surface area contributed by atoms with Crippen LogP contribution in [0.25, 0.3) is 16.6 Å². The zero-order valence-electron chi connectivity index (χ0n) is 14.8. The molecule has 0 amide bonds. The van der Waals surface area contributed by atoms with Crippen molar-refractivity contribution in [3.8, 4) is 5.69 Å². The number of pyridine rings is 1. The standard InChI is InChI=1S/C23H16ClNO3/c24-18-10-11-20-21(13-18)25(19-4-2-1-3-5-19)14-17(22(20)26)12-15-6-8-16(9-7-15)23(27)28/h1-11,13-14H,12H2,(H,27,28). The highest BCUT2D eigenvalue weighted by Crippen LogP contribution is 2.22. The first-order chi connectivity index (χ1) is 13.5. The molecule has 3 aromatic carbocycles. The zero-order valence-corrected chi connectivity index (χ0v) is 15.6. The lowest BCUT2D eigenvalue weighted by molar-refractivity contribution is 0.0697. The summed E-state index contributed by atoms with van der Waals surface area (Å²) in [4.78, 5) is 24.1. The lowest BCUT2D eigenvalue weighted by Gasteiger charge is -2.14. The third-order valence-electron chi connectivity index (χ3n) is 4.67. The van der Waals surface area contributed by atoms with E-state index in [1.54, 1.807) is 42.5 Å². The Morgan fingerprint density at radius 3 is 2.36 bits per heavy atom. The number of rotatable bonds is 4. The predicted molar refractivity (Wildman–Crippen MR) is 111 cm³/mol. The van der Waals surface area contributed by atoms with E-state index in [1.807, 2.05) is 41.1 Å². The molecule has 4 nitrogen and oxygen atoms in total. The minimum Gasteiger partial charge on any atom is -0.478 e. The number of benzene rings is 3. The van der Waals surface area contributed by atoms with Crippen LogP contribution in [0.1, 0.15) is 21.5 Å². The summed E-state index contributed by atoms with van der Waals surface area (Å²) in [5.41, 5.74) is 3.34. The molecule has 1 aromatic heterocycles. The molecular weight excluding hydrogens is 374 g/mol. The van der Waals surface area contributed by atoms with E-state index < -0.39 is 5.97 Å². The van der Waals surface area contributed by atoms with Crippen molar-refractivity contribution >= 4 is 28.5 Å². The van der Waals surface area contributed by atoms with Crippen molar-refractivity contribution in [3.05, 3.63) is 111 Å². The summed E-state index contributed by atoms with van der Waals surface area (Å²) >= 11 is 6.18. The van der Waals surface area contributed by atoms with Gasteiger partial charge in [-0.1, -0.05) is 41.9 Å². The van der Waals surface area contributed by atoms with Crippen LogP contribution in [0.15, 0.2) is 83.8 Å². The Hall–Kier alpha value is -3.37. The van der Waals surface area contributed by atoms with Crippen LogP contribution < -0.4 is 5.43 Å². The lowest BCUT2D eigenvalue weighted by Crippen LogP contribution is -2.14. The molecule has 0 unspecified atom stereocenters. The largest absolute Gasteiger partial charge is 0.478 e. The normalized spacial score (nSPS) is 10.9. The highest BCUT2D eigenvalue weighted by molar-refractivity contribution is 6.31. The molecule has 0 spiro atoms. The van der Waals surface area contributed by atoms with Gasteiger partial charge >= 0.3 is 5.97 Å². The molecule has 0 bridgehead atoms. The molecule has 0 radical (unpaired) electrons. The number of nitrogens with zero attached hydrogens (tertiary/aromatic N) is 1. The van der Waals surface area contributed by atoms with E-state index in [2.05, 4.69) is 0 Å². The number of halogens is 1. The van der Waals surface area contributed by atoms with Gasteiger partial charge in [0.2, 0.25) is 0 Å². The van der Waals surface area contributed by atoms with Gasteiger partial charge in [-0.2, -0.15) is 0 Å². The van der Waals surface area contributed by atoms with Crippen molar-refractivity contribution in [2.75, 3.05) is 0 Å². The van der Waals surface area contributed by atoms with Gasteiger partial charge in [-0.3, -0.25) is 4.79 Å². The van der Waals surface area contributed by atoms with E-state index >= 15 is 0 Å². The molecular formula is C23H16ClNO3. The summed E-state index contributed by atoms with van der Waals surface area (Å²) in [5, 5.41) is 10.2. The molecule has 138 valence electrons. The minimum atomic E-state index is -0.972. The van der Waals surface area contributed by atoms with Crippen molar-refractivity contribution in [3.63, 3.8) is 0 Å². The summed E-state index contributed by atoms with van der Waals surface area (Å²) in [6.07, 6.45) is 2.24. The molecule has 1 N–H and O–H groups in total. The lowest BCUT2D eigenvalue weighted by atomic mass is 10.0. The molecule has 5 heteroatoms. The van der Waals surface area contributed by atoms with E-state index in [0.717, 1.165) is 16.8 Å². The van der Waals surface area contributed by atoms with Crippen LogP contribution in [0.2, 0.25) is 5.02 Å². The Kier molecular flexibility index (Phi) is 4.72. The van der Waals surface area contributed by atoms with E-state index in [-0.39, 0.29) is 11.0 Å². The topological polar surface area (TPSA) is 59.3 Å². The quantitative estimate of drug-likeness (QED) is 0.538. The van der Waals surface area contributed by atoms with Crippen LogP contribution >= 0.6 is 11.6 Å². The first kappa shape index (κ1) is 18.0. The summed E-state index contributed by atoms with van der Waals surface area (Å²) < 4.78 is 1.96. The average molecular weight is 390 g/mol. The number of fused-ring (bicyclic) bond motifs is 1. The predicted octanol–water partition coefficient (Wildman–Crippen LogP) is 4.93. The number of aromatic nitrogens is 1. The van der Waals surface area contributed by atoms with E-state index in [9.17, 15) is 9.59 Å². The fraction of sp³-hybridized carbons (Fsp3) is 0.0435. The second-order valence-electron chi connectivity index (χ2n) is 6.53. The SMILES string of the molecule is O=C(O)c1ccc(Cc2cn(-c3ccccc3)c3cc(Cl)ccc3c2=O)cc1. The summed E-state index contributed by atoms with van der Waals surface area (Å²) in [7, 11) is 0. The molecule has 4 rings (SSSR count). The Labute approximate surface area is 166 Å². The van der Waals surface area contributed by atoms with Gasteiger partial charge in [-0.15, -0.1) is 0 Å². The second-order valence-corrected chi connectivity index (χ2v) is 6.97. The molecule has 0 fully saturated rings. The molecule has 4 aromatic rings. The molecule has 0 saturated carbocycles. The van der Waals surface area contributed by atoms with Crippen molar-refractivity contribution < 1.29 is 9.90 Å². The molecule has 0 atom stereocenters. The maximum absolute atomic E-state index is 13.1. The Bertz CT molecular complexity index is 1230. The Morgan fingerprint density at radius 2 is 1.68 bits per heavy atom. The van der Waals surface area contributed by atoms with Crippen molar-refractivity contribution in [2.24, 2.45) is 0 Å². The first-order valence-corrected chi connectivity index (χ1v) is 9.12. The summed E-state index contributed by atoms with van der Waals surface area (Å²) in [5.74, 6) is -0.972. The maximum atomic E-state index is 13.1. The van der Waals surface area contributed by atoms with Gasteiger partial charge in [0.05, 0.1) is 11.1 Å². The third kappa shape index (κ3) is 3.42. The second kappa shape index (κ2) is 7.33. The maximum Gasteiger partial charge on any atom is 0.335 e. The number of hydrogen-bond donors (Lipinski definition) is 1. The Morgan fingerprint density at radius 1 is 0.964 bits per heavy atom. The first-order valence-electron chi connectivity index (χ1n) is 8.74. The number of hydrogen-bond acceptors (Lipinski definition) is 2. The number of carboxylic acids is 1. The van der Waals surface area contributed by atoms with Crippen LogP contribution in [-0.2, 0) is 6.42 Å². The van der Waals surface area contributed by atoms with Gasteiger partial charge in [0.25, 0.3) is 0 Å². The van der Waals surface area contributed by atoms with Crippen LogP contribution in [0, 0.1) is 0 Å². The van der Waals surface area contributed by atoms with Gasteiger partial charge in [0.1, 0.15) is 0 Å². The van der Waals surface area contributed by atoms with Crippen LogP contribution in [-0.4, -0.2) is 15.6 Å². The molecule has 0 aliphatic heterocycles. The van der Waals surface area contributed by atoms with Gasteiger partial charge in [0, 0.05) is 34.3 Å². The van der Waals surface area contributed by atoms with E-state index in [4.69, 9.17) is 16.7 Å². The fourth-order valence-corrected chi connectivity index (χ4v) is 3.43. The summed E-state index contributed by atoms with van der Waals surface area (Å²) in [6, 6.07) is 21.6. The van der Waals surface area contributed by atoms with Crippen molar-refractivity contribution in [1.29, 1.82) is 0 Å². The number of carbonyl (C=O) groups is 1. The number of para-hydroxylation sites is 1. The smallest absolute Gasteiger partial charge is 0.335 e. The van der Waals surface area contributed by atoms with Crippen LogP contribution in [0.3, 0.4) is 0 Å². The van der Waals surface area contributed by atoms with Gasteiger partial charge in [0.15, 0.2) is 5.43 Å². The molecule has 0 aliphatic rings.